The lowest BCUT2D eigenvalue weighted by atomic mass is 10.0. The Morgan fingerprint density at radius 2 is 2.10 bits per heavy atom. The minimum absolute atomic E-state index is 0.0161. The average molecular weight is 436 g/mol. The van der Waals surface area contributed by atoms with Gasteiger partial charge in [0.25, 0.3) is 0 Å². The summed E-state index contributed by atoms with van der Waals surface area (Å²) < 4.78 is 3.97. The van der Waals surface area contributed by atoms with E-state index in [4.69, 9.17) is 11.6 Å². The molecule has 0 aliphatic carbocycles. The number of hydrogen-bond acceptors (Lipinski definition) is 2. The first-order valence-electron chi connectivity index (χ1n) is 6.98. The zero-order valence-electron chi connectivity index (χ0n) is 12.0. The molecule has 114 valence electrons. The van der Waals surface area contributed by atoms with Gasteiger partial charge in [-0.15, -0.1) is 0 Å². The van der Waals surface area contributed by atoms with Gasteiger partial charge in [-0.2, -0.15) is 5.10 Å². The standard InChI is InChI=1S/C15H18Br2ClN3/c1-3-7-19-14(11-6-5-10(16)8-13(11)18)15-12(17)9-20-21(15)4-2/h5-6,8-9,14,19H,3-4,7H2,1-2H3. The first-order chi connectivity index (χ1) is 10.1. The summed E-state index contributed by atoms with van der Waals surface area (Å²) in [6, 6.07) is 6.02. The fourth-order valence-electron chi connectivity index (χ4n) is 2.29. The molecule has 3 nitrogen and oxygen atoms in total. The van der Waals surface area contributed by atoms with E-state index in [0.29, 0.717) is 0 Å². The Morgan fingerprint density at radius 1 is 1.33 bits per heavy atom. The summed E-state index contributed by atoms with van der Waals surface area (Å²) in [5.74, 6) is 0. The van der Waals surface area contributed by atoms with E-state index in [1.165, 1.54) is 0 Å². The molecule has 0 fully saturated rings. The molecule has 1 aromatic heterocycles. The number of rotatable bonds is 6. The fourth-order valence-corrected chi connectivity index (χ4v) is 3.60. The van der Waals surface area contributed by atoms with Crippen molar-refractivity contribution in [1.29, 1.82) is 0 Å². The Balaban J connectivity index is 2.49. The second-order valence-corrected chi connectivity index (χ2v) is 6.92. The summed E-state index contributed by atoms with van der Waals surface area (Å²) in [6.45, 7) is 5.97. The van der Waals surface area contributed by atoms with Gasteiger partial charge in [0.05, 0.1) is 22.4 Å². The molecular formula is C15H18Br2ClN3. The number of hydrogen-bond donors (Lipinski definition) is 1. The number of benzene rings is 1. The van der Waals surface area contributed by atoms with E-state index in [9.17, 15) is 0 Å². The van der Waals surface area contributed by atoms with Crippen LogP contribution >= 0.6 is 43.5 Å². The average Bonchev–Trinajstić information content (AvgIpc) is 2.82. The third-order valence-corrected chi connectivity index (χ3v) is 4.71. The largest absolute Gasteiger partial charge is 0.305 e. The third-order valence-electron chi connectivity index (χ3n) is 3.28. The van der Waals surface area contributed by atoms with Gasteiger partial charge in [0.15, 0.2) is 0 Å². The van der Waals surface area contributed by atoms with Crippen molar-refractivity contribution in [3.63, 3.8) is 0 Å². The number of halogens is 3. The van der Waals surface area contributed by atoms with Crippen LogP contribution in [0.15, 0.2) is 33.3 Å². The Hall–Kier alpha value is -0.360. The molecule has 1 heterocycles. The van der Waals surface area contributed by atoms with Crippen molar-refractivity contribution in [3.8, 4) is 0 Å². The fraction of sp³-hybridized carbons (Fsp3) is 0.400. The Bertz CT molecular complexity index is 613. The lowest BCUT2D eigenvalue weighted by Gasteiger charge is -2.22. The molecule has 2 rings (SSSR count). The minimum Gasteiger partial charge on any atom is -0.305 e. The molecule has 1 N–H and O–H groups in total. The summed E-state index contributed by atoms with van der Waals surface area (Å²) in [5, 5.41) is 8.73. The van der Waals surface area contributed by atoms with Crippen LogP contribution in [-0.4, -0.2) is 16.3 Å². The molecule has 0 bridgehead atoms. The van der Waals surface area contributed by atoms with E-state index in [2.05, 4.69) is 62.2 Å². The van der Waals surface area contributed by atoms with Crippen LogP contribution in [0.1, 0.15) is 37.6 Å². The normalized spacial score (nSPS) is 12.6. The topological polar surface area (TPSA) is 29.9 Å². The highest BCUT2D eigenvalue weighted by molar-refractivity contribution is 9.10. The Labute approximate surface area is 147 Å². The van der Waals surface area contributed by atoms with Crippen molar-refractivity contribution in [1.82, 2.24) is 15.1 Å². The van der Waals surface area contributed by atoms with Gasteiger partial charge in [0.1, 0.15) is 0 Å². The van der Waals surface area contributed by atoms with Crippen molar-refractivity contribution in [2.24, 2.45) is 0 Å². The van der Waals surface area contributed by atoms with Crippen molar-refractivity contribution in [2.75, 3.05) is 6.54 Å². The second kappa shape index (κ2) is 7.77. The highest BCUT2D eigenvalue weighted by Gasteiger charge is 2.23. The molecule has 1 aromatic carbocycles. The lowest BCUT2D eigenvalue weighted by Crippen LogP contribution is -2.26. The van der Waals surface area contributed by atoms with Crippen LogP contribution in [0.3, 0.4) is 0 Å². The molecule has 0 saturated heterocycles. The van der Waals surface area contributed by atoms with Gasteiger partial charge in [-0.3, -0.25) is 4.68 Å². The van der Waals surface area contributed by atoms with Gasteiger partial charge in [0, 0.05) is 16.0 Å². The van der Waals surface area contributed by atoms with Crippen LogP contribution in [-0.2, 0) is 6.54 Å². The van der Waals surface area contributed by atoms with Gasteiger partial charge in [0.2, 0.25) is 0 Å². The molecule has 2 aromatic rings. The van der Waals surface area contributed by atoms with Crippen LogP contribution in [0.2, 0.25) is 5.02 Å². The SMILES string of the molecule is CCCNC(c1ccc(Br)cc1Cl)c1c(Br)cnn1CC. The highest BCUT2D eigenvalue weighted by Crippen LogP contribution is 2.34. The first kappa shape index (κ1) is 17.0. The van der Waals surface area contributed by atoms with Crippen molar-refractivity contribution < 1.29 is 0 Å². The molecule has 6 heteroatoms. The molecule has 0 aliphatic heterocycles. The lowest BCUT2D eigenvalue weighted by molar-refractivity contribution is 0.528. The van der Waals surface area contributed by atoms with Crippen LogP contribution in [0.25, 0.3) is 0 Å². The van der Waals surface area contributed by atoms with Crippen molar-refractivity contribution >= 4 is 43.5 Å². The zero-order valence-corrected chi connectivity index (χ0v) is 16.0. The monoisotopic (exact) mass is 433 g/mol. The maximum atomic E-state index is 6.45. The van der Waals surface area contributed by atoms with Crippen LogP contribution in [0.4, 0.5) is 0 Å². The van der Waals surface area contributed by atoms with Gasteiger partial charge in [-0.05, 0) is 53.5 Å². The maximum Gasteiger partial charge on any atom is 0.0774 e. The predicted molar refractivity (Wildman–Crippen MR) is 94.9 cm³/mol. The third kappa shape index (κ3) is 3.89. The Morgan fingerprint density at radius 3 is 2.71 bits per heavy atom. The van der Waals surface area contributed by atoms with E-state index in [1.807, 2.05) is 23.0 Å². The number of nitrogens with zero attached hydrogens (tertiary/aromatic N) is 2. The quantitative estimate of drug-likeness (QED) is 0.678. The first-order valence-corrected chi connectivity index (χ1v) is 8.94. The maximum absolute atomic E-state index is 6.45. The van der Waals surface area contributed by atoms with Gasteiger partial charge in [-0.25, -0.2) is 0 Å². The smallest absolute Gasteiger partial charge is 0.0774 e. The highest BCUT2D eigenvalue weighted by atomic mass is 79.9. The molecule has 0 amide bonds. The summed E-state index contributed by atoms with van der Waals surface area (Å²) in [5.41, 5.74) is 2.17. The summed E-state index contributed by atoms with van der Waals surface area (Å²) in [6.07, 6.45) is 2.90. The van der Waals surface area contributed by atoms with Crippen molar-refractivity contribution in [2.45, 2.75) is 32.9 Å². The second-order valence-electron chi connectivity index (χ2n) is 4.75. The number of aromatic nitrogens is 2. The van der Waals surface area contributed by atoms with Crippen LogP contribution in [0, 0.1) is 0 Å². The van der Waals surface area contributed by atoms with E-state index in [-0.39, 0.29) is 6.04 Å². The summed E-state index contributed by atoms with van der Waals surface area (Å²) in [4.78, 5) is 0. The summed E-state index contributed by atoms with van der Waals surface area (Å²) in [7, 11) is 0. The molecule has 0 saturated carbocycles. The zero-order chi connectivity index (χ0) is 15.4. The molecular weight excluding hydrogens is 417 g/mol. The van der Waals surface area contributed by atoms with Gasteiger partial charge < -0.3 is 5.32 Å². The number of nitrogens with one attached hydrogen (secondary N) is 1. The Kier molecular flexibility index (Phi) is 6.29. The van der Waals surface area contributed by atoms with Crippen LogP contribution < -0.4 is 5.32 Å². The van der Waals surface area contributed by atoms with E-state index in [1.54, 1.807) is 0 Å². The molecule has 0 spiro atoms. The van der Waals surface area contributed by atoms with Gasteiger partial charge >= 0.3 is 0 Å². The van der Waals surface area contributed by atoms with E-state index < -0.39 is 0 Å². The van der Waals surface area contributed by atoms with Crippen molar-refractivity contribution in [3.05, 3.63) is 49.6 Å². The van der Waals surface area contributed by atoms with Crippen LogP contribution in [0.5, 0.6) is 0 Å². The summed E-state index contributed by atoms with van der Waals surface area (Å²) >= 11 is 13.5. The number of aryl methyl sites for hydroxylation is 1. The molecule has 0 aliphatic rings. The van der Waals surface area contributed by atoms with E-state index >= 15 is 0 Å². The molecule has 21 heavy (non-hydrogen) atoms. The predicted octanol–water partition coefficient (Wildman–Crippen LogP) is 5.17. The van der Waals surface area contributed by atoms with Gasteiger partial charge in [-0.1, -0.05) is 40.5 Å². The minimum atomic E-state index is 0.0161. The molecule has 1 atom stereocenters. The molecule has 0 radical (unpaired) electrons. The van der Waals surface area contributed by atoms with E-state index in [0.717, 1.165) is 44.7 Å². The molecule has 1 unspecified atom stereocenters.